The van der Waals surface area contributed by atoms with Crippen molar-refractivity contribution >= 4 is 0 Å². The van der Waals surface area contributed by atoms with Gasteiger partial charge in [-0.15, -0.1) is 0 Å². The number of nitrogens with one attached hydrogen (secondary N) is 1. The van der Waals surface area contributed by atoms with Crippen molar-refractivity contribution in [1.82, 2.24) is 10.1 Å². The molecule has 6 nitrogen and oxygen atoms in total. The maximum absolute atomic E-state index is 13.3. The summed E-state index contributed by atoms with van der Waals surface area (Å²) in [4.78, 5) is 15.4. The Morgan fingerprint density at radius 1 is 1.00 bits per heavy atom. The summed E-state index contributed by atoms with van der Waals surface area (Å²) in [5, 5.41) is 2.25. The number of halogens is 1. The van der Waals surface area contributed by atoms with E-state index < -0.39 is 0 Å². The molecule has 0 amide bonds. The predicted octanol–water partition coefficient (Wildman–Crippen LogP) is 4.54. The number of nitrogens with zero attached hydrogens (tertiary/aromatic N) is 1. The molecule has 0 saturated carbocycles. The van der Waals surface area contributed by atoms with E-state index in [1.54, 1.807) is 48.7 Å². The number of rotatable bonds is 6. The molecule has 0 bridgehead atoms. The molecular weight excluding hydrogens is 363 g/mol. The quantitative estimate of drug-likeness (QED) is 0.533. The lowest BCUT2D eigenvalue weighted by Crippen LogP contribution is -2.00. The van der Waals surface area contributed by atoms with Gasteiger partial charge in [-0.05, 0) is 48.5 Å². The summed E-state index contributed by atoms with van der Waals surface area (Å²) in [6, 6.07) is 17.9. The zero-order valence-corrected chi connectivity index (χ0v) is 14.6. The van der Waals surface area contributed by atoms with Gasteiger partial charge in [-0.25, -0.2) is 9.37 Å². The number of aromatic amines is 1. The maximum atomic E-state index is 13.3. The van der Waals surface area contributed by atoms with E-state index in [4.69, 9.17) is 14.0 Å². The Hall–Kier alpha value is -3.87. The van der Waals surface area contributed by atoms with Crippen LogP contribution >= 0.6 is 0 Å². The minimum absolute atomic E-state index is 0.219. The molecule has 0 unspecified atom stereocenters. The molecule has 1 N–H and O–H groups in total. The summed E-state index contributed by atoms with van der Waals surface area (Å²) in [7, 11) is 0. The van der Waals surface area contributed by atoms with E-state index in [1.807, 2.05) is 6.07 Å². The van der Waals surface area contributed by atoms with Gasteiger partial charge in [0.05, 0.1) is 11.6 Å². The van der Waals surface area contributed by atoms with E-state index in [1.165, 1.54) is 18.2 Å². The van der Waals surface area contributed by atoms with Crippen molar-refractivity contribution in [3.8, 4) is 28.7 Å². The van der Waals surface area contributed by atoms with Crippen LogP contribution in [0.3, 0.4) is 0 Å². The Bertz CT molecular complexity index is 1140. The van der Waals surface area contributed by atoms with Gasteiger partial charge in [0.2, 0.25) is 5.88 Å². The topological polar surface area (TPSA) is 77.3 Å². The van der Waals surface area contributed by atoms with E-state index >= 15 is 0 Å². The SMILES string of the molecule is O=c1cc(-c2ccc(OCc3cccnc3Oc3cccc(F)c3)cc2)o[nH]1. The summed E-state index contributed by atoms with van der Waals surface area (Å²) >= 11 is 0. The van der Waals surface area contributed by atoms with Gasteiger partial charge < -0.3 is 14.0 Å². The summed E-state index contributed by atoms with van der Waals surface area (Å²) in [6.45, 7) is 0.219. The number of hydrogen-bond acceptors (Lipinski definition) is 5. The molecular formula is C21H15FN2O4. The van der Waals surface area contributed by atoms with E-state index in [0.29, 0.717) is 28.7 Å². The summed E-state index contributed by atoms with van der Waals surface area (Å²) in [6.07, 6.45) is 1.59. The average Bonchev–Trinajstić information content (AvgIpc) is 3.14. The highest BCUT2D eigenvalue weighted by Crippen LogP contribution is 2.26. The zero-order chi connectivity index (χ0) is 19.3. The number of aromatic nitrogens is 2. The van der Waals surface area contributed by atoms with Crippen molar-refractivity contribution in [2.75, 3.05) is 0 Å². The first-order valence-corrected chi connectivity index (χ1v) is 8.46. The molecule has 0 aliphatic heterocycles. The molecule has 2 aromatic carbocycles. The van der Waals surface area contributed by atoms with Gasteiger partial charge >= 0.3 is 0 Å². The fraction of sp³-hybridized carbons (Fsp3) is 0.0476. The van der Waals surface area contributed by atoms with E-state index in [-0.39, 0.29) is 18.0 Å². The normalized spacial score (nSPS) is 10.6. The molecule has 4 rings (SSSR count). The standard InChI is InChI=1S/C21H15FN2O4/c22-16-4-1-5-18(11-16)27-21-15(3-2-10-23-21)13-26-17-8-6-14(7-9-17)19-12-20(25)24-28-19/h1-12H,13H2,(H,24,25). The number of benzene rings is 2. The molecule has 4 aromatic rings. The van der Waals surface area contributed by atoms with Crippen molar-refractivity contribution in [3.63, 3.8) is 0 Å². The van der Waals surface area contributed by atoms with Crippen molar-refractivity contribution in [1.29, 1.82) is 0 Å². The third-order valence-corrected chi connectivity index (χ3v) is 3.92. The predicted molar refractivity (Wildman–Crippen MR) is 99.8 cm³/mol. The Morgan fingerprint density at radius 3 is 2.61 bits per heavy atom. The summed E-state index contributed by atoms with van der Waals surface area (Å²) < 4.78 is 29.9. The van der Waals surface area contributed by atoms with Crippen LogP contribution in [0, 0.1) is 5.82 Å². The van der Waals surface area contributed by atoms with Crippen LogP contribution in [0.2, 0.25) is 0 Å². The van der Waals surface area contributed by atoms with Gasteiger partial charge in [-0.1, -0.05) is 6.07 Å². The Labute approximate surface area is 159 Å². The van der Waals surface area contributed by atoms with Crippen molar-refractivity contribution in [3.05, 3.63) is 94.7 Å². The summed E-state index contributed by atoms with van der Waals surface area (Å²) in [5.74, 6) is 1.40. The molecule has 140 valence electrons. The lowest BCUT2D eigenvalue weighted by Gasteiger charge is -2.11. The first-order valence-electron chi connectivity index (χ1n) is 8.46. The maximum Gasteiger partial charge on any atom is 0.280 e. The molecule has 2 aromatic heterocycles. The molecule has 0 fully saturated rings. The lowest BCUT2D eigenvalue weighted by molar-refractivity contribution is 0.298. The Morgan fingerprint density at radius 2 is 1.86 bits per heavy atom. The molecule has 0 spiro atoms. The van der Waals surface area contributed by atoms with Crippen LogP contribution in [0.15, 0.2) is 82.2 Å². The molecule has 0 radical (unpaired) electrons. The molecule has 2 heterocycles. The number of H-pyrrole nitrogens is 1. The minimum atomic E-state index is -0.385. The molecule has 28 heavy (non-hydrogen) atoms. The van der Waals surface area contributed by atoms with Gasteiger partial charge in [0.1, 0.15) is 23.9 Å². The second-order valence-corrected chi connectivity index (χ2v) is 5.92. The van der Waals surface area contributed by atoms with E-state index in [2.05, 4.69) is 10.1 Å². The summed E-state index contributed by atoms with van der Waals surface area (Å²) in [5.41, 5.74) is 1.17. The second-order valence-electron chi connectivity index (χ2n) is 5.92. The first kappa shape index (κ1) is 17.5. The smallest absolute Gasteiger partial charge is 0.280 e. The Balaban J connectivity index is 1.45. The number of pyridine rings is 1. The largest absolute Gasteiger partial charge is 0.489 e. The van der Waals surface area contributed by atoms with Crippen LogP contribution < -0.4 is 15.0 Å². The fourth-order valence-corrected chi connectivity index (χ4v) is 2.57. The fourth-order valence-electron chi connectivity index (χ4n) is 2.57. The molecule has 0 atom stereocenters. The van der Waals surface area contributed by atoms with Crippen LogP contribution in [0.1, 0.15) is 5.56 Å². The van der Waals surface area contributed by atoms with Gasteiger partial charge in [-0.2, -0.15) is 5.16 Å². The highest BCUT2D eigenvalue weighted by atomic mass is 19.1. The van der Waals surface area contributed by atoms with E-state index in [0.717, 1.165) is 5.56 Å². The highest BCUT2D eigenvalue weighted by molar-refractivity contribution is 5.57. The number of ether oxygens (including phenoxy) is 2. The highest BCUT2D eigenvalue weighted by Gasteiger charge is 2.09. The Kier molecular flexibility index (Phi) is 4.88. The van der Waals surface area contributed by atoms with Crippen LogP contribution in [-0.4, -0.2) is 10.1 Å². The average molecular weight is 378 g/mol. The van der Waals surface area contributed by atoms with Gasteiger partial charge in [0.15, 0.2) is 5.76 Å². The van der Waals surface area contributed by atoms with Crippen LogP contribution in [0.4, 0.5) is 4.39 Å². The monoisotopic (exact) mass is 378 g/mol. The third-order valence-electron chi connectivity index (χ3n) is 3.92. The third kappa shape index (κ3) is 4.09. The lowest BCUT2D eigenvalue weighted by atomic mass is 10.2. The minimum Gasteiger partial charge on any atom is -0.489 e. The van der Waals surface area contributed by atoms with E-state index in [9.17, 15) is 9.18 Å². The molecule has 0 aliphatic carbocycles. The van der Waals surface area contributed by atoms with Gasteiger partial charge in [-0.3, -0.25) is 4.79 Å². The zero-order valence-electron chi connectivity index (χ0n) is 14.6. The molecule has 7 heteroatoms. The number of hydrogen-bond donors (Lipinski definition) is 1. The van der Waals surface area contributed by atoms with Gasteiger partial charge in [0.25, 0.3) is 5.56 Å². The first-order chi connectivity index (χ1) is 13.7. The van der Waals surface area contributed by atoms with Gasteiger partial charge in [0, 0.05) is 17.8 Å². The van der Waals surface area contributed by atoms with Crippen LogP contribution in [-0.2, 0) is 6.61 Å². The van der Waals surface area contributed by atoms with Crippen molar-refractivity contribution in [2.45, 2.75) is 6.61 Å². The second kappa shape index (κ2) is 7.79. The molecule has 0 aliphatic rings. The van der Waals surface area contributed by atoms with Crippen LogP contribution in [0.5, 0.6) is 17.4 Å². The molecule has 0 saturated heterocycles. The van der Waals surface area contributed by atoms with Crippen molar-refractivity contribution in [2.24, 2.45) is 0 Å². The van der Waals surface area contributed by atoms with Crippen molar-refractivity contribution < 1.29 is 18.4 Å². The van der Waals surface area contributed by atoms with Crippen LogP contribution in [0.25, 0.3) is 11.3 Å².